The molecule has 2 atom stereocenters. The molecule has 1 saturated carbocycles. The Labute approximate surface area is 95.7 Å². The summed E-state index contributed by atoms with van der Waals surface area (Å²) in [5.74, 6) is 0.00677. The molecule has 0 aromatic heterocycles. The molecule has 1 fully saturated rings. The van der Waals surface area contributed by atoms with Crippen molar-refractivity contribution in [1.82, 2.24) is 5.32 Å². The van der Waals surface area contributed by atoms with Gasteiger partial charge in [0.1, 0.15) is 5.60 Å². The molecule has 0 bridgehead atoms. The molecule has 16 heavy (non-hydrogen) atoms. The predicted octanol–water partition coefficient (Wildman–Crippen LogP) is 0.960. The molecule has 0 aromatic carbocycles. The number of ether oxygens (including phenoxy) is 1. The number of carbonyl (C=O) groups is 2. The first-order valence-electron chi connectivity index (χ1n) is 5.57. The van der Waals surface area contributed by atoms with Crippen molar-refractivity contribution in [2.75, 3.05) is 0 Å². The van der Waals surface area contributed by atoms with E-state index in [1.165, 1.54) is 0 Å². The molecule has 0 radical (unpaired) electrons. The number of amides is 1. The Hall–Kier alpha value is -1.10. The summed E-state index contributed by atoms with van der Waals surface area (Å²) in [4.78, 5) is 22.8. The minimum Gasteiger partial charge on any atom is -0.444 e. The van der Waals surface area contributed by atoms with E-state index >= 15 is 0 Å². The maximum Gasteiger partial charge on any atom is 0.407 e. The quantitative estimate of drug-likeness (QED) is 0.700. The van der Waals surface area contributed by atoms with Crippen LogP contribution < -0.4 is 11.1 Å². The first-order chi connectivity index (χ1) is 7.29. The predicted molar refractivity (Wildman–Crippen MR) is 60.0 cm³/mol. The van der Waals surface area contributed by atoms with Gasteiger partial charge in [0.05, 0.1) is 12.1 Å². The SMILES string of the molecule is CC(C)(C)OC(=O)N[C@@H]1CCCC(=O)[C@@H]1N. The van der Waals surface area contributed by atoms with Gasteiger partial charge in [0.25, 0.3) is 0 Å². The lowest BCUT2D eigenvalue weighted by Crippen LogP contribution is -2.54. The monoisotopic (exact) mass is 228 g/mol. The van der Waals surface area contributed by atoms with Gasteiger partial charge < -0.3 is 15.8 Å². The number of alkyl carbamates (subject to hydrolysis) is 1. The second kappa shape index (κ2) is 4.82. The van der Waals surface area contributed by atoms with Gasteiger partial charge >= 0.3 is 6.09 Å². The van der Waals surface area contributed by atoms with Gasteiger partial charge in [0.15, 0.2) is 5.78 Å². The van der Waals surface area contributed by atoms with E-state index in [1.807, 2.05) is 0 Å². The van der Waals surface area contributed by atoms with Crippen LogP contribution in [0.15, 0.2) is 0 Å². The number of carbonyl (C=O) groups excluding carboxylic acids is 2. The normalized spacial score (nSPS) is 26.4. The minimum absolute atomic E-state index is 0.00677. The van der Waals surface area contributed by atoms with Gasteiger partial charge in [-0.1, -0.05) is 0 Å². The molecule has 1 aliphatic rings. The Bertz CT molecular complexity index is 283. The van der Waals surface area contributed by atoms with Crippen LogP contribution in [-0.2, 0) is 9.53 Å². The fourth-order valence-electron chi connectivity index (χ4n) is 1.69. The van der Waals surface area contributed by atoms with Crippen LogP contribution in [0.3, 0.4) is 0 Å². The summed E-state index contributed by atoms with van der Waals surface area (Å²) >= 11 is 0. The van der Waals surface area contributed by atoms with Gasteiger partial charge in [-0.2, -0.15) is 0 Å². The summed E-state index contributed by atoms with van der Waals surface area (Å²) < 4.78 is 5.11. The largest absolute Gasteiger partial charge is 0.444 e. The summed E-state index contributed by atoms with van der Waals surface area (Å²) in [6.07, 6.45) is 1.50. The van der Waals surface area contributed by atoms with Crippen LogP contribution in [0.1, 0.15) is 40.0 Å². The van der Waals surface area contributed by atoms with Crippen LogP contribution in [0.4, 0.5) is 4.79 Å². The molecule has 0 aromatic rings. The van der Waals surface area contributed by atoms with E-state index in [2.05, 4.69) is 5.32 Å². The fraction of sp³-hybridized carbons (Fsp3) is 0.818. The number of hydrogen-bond donors (Lipinski definition) is 2. The van der Waals surface area contributed by atoms with E-state index < -0.39 is 17.7 Å². The van der Waals surface area contributed by atoms with Crippen LogP contribution in [0, 0.1) is 0 Å². The lowest BCUT2D eigenvalue weighted by molar-refractivity contribution is -0.122. The van der Waals surface area contributed by atoms with Crippen molar-refractivity contribution in [3.8, 4) is 0 Å². The molecule has 0 aliphatic heterocycles. The van der Waals surface area contributed by atoms with Crippen molar-refractivity contribution in [2.24, 2.45) is 5.73 Å². The Kier molecular flexibility index (Phi) is 3.91. The third-order valence-corrected chi connectivity index (χ3v) is 2.45. The topological polar surface area (TPSA) is 81.4 Å². The smallest absolute Gasteiger partial charge is 0.407 e. The van der Waals surface area contributed by atoms with Crippen LogP contribution in [0.5, 0.6) is 0 Å². The number of rotatable bonds is 1. The minimum atomic E-state index is -0.596. The Morgan fingerprint density at radius 1 is 1.50 bits per heavy atom. The summed E-state index contributed by atoms with van der Waals surface area (Å²) in [7, 11) is 0. The second-order valence-electron chi connectivity index (χ2n) is 5.14. The molecule has 1 aliphatic carbocycles. The lowest BCUT2D eigenvalue weighted by Gasteiger charge is -2.29. The van der Waals surface area contributed by atoms with E-state index in [0.717, 1.165) is 12.8 Å². The fourth-order valence-corrected chi connectivity index (χ4v) is 1.69. The zero-order valence-corrected chi connectivity index (χ0v) is 10.1. The maximum absolute atomic E-state index is 11.5. The molecule has 0 unspecified atom stereocenters. The Morgan fingerprint density at radius 2 is 2.12 bits per heavy atom. The molecule has 0 heterocycles. The van der Waals surface area contributed by atoms with E-state index in [1.54, 1.807) is 20.8 Å². The maximum atomic E-state index is 11.5. The molecule has 5 heteroatoms. The molecule has 3 N–H and O–H groups in total. The highest BCUT2D eigenvalue weighted by Crippen LogP contribution is 2.15. The third-order valence-electron chi connectivity index (χ3n) is 2.45. The standard InChI is InChI=1S/C11H20N2O3/c1-11(2,3)16-10(15)13-7-5-4-6-8(14)9(7)12/h7,9H,4-6,12H2,1-3H3,(H,13,15)/t7-,9-/m1/s1. The lowest BCUT2D eigenvalue weighted by atomic mass is 9.90. The van der Waals surface area contributed by atoms with Crippen LogP contribution in [-0.4, -0.2) is 29.6 Å². The number of nitrogens with one attached hydrogen (secondary N) is 1. The zero-order valence-electron chi connectivity index (χ0n) is 10.1. The van der Waals surface area contributed by atoms with Crippen molar-refractivity contribution >= 4 is 11.9 Å². The zero-order chi connectivity index (χ0) is 12.3. The molecule has 0 saturated heterocycles. The molecule has 1 amide bonds. The first kappa shape index (κ1) is 13.0. The average molecular weight is 228 g/mol. The van der Waals surface area contributed by atoms with Crippen LogP contribution in [0.25, 0.3) is 0 Å². The molecular weight excluding hydrogens is 208 g/mol. The van der Waals surface area contributed by atoms with Crippen molar-refractivity contribution in [3.05, 3.63) is 0 Å². The van der Waals surface area contributed by atoms with Crippen molar-refractivity contribution in [2.45, 2.75) is 57.7 Å². The molecule has 0 spiro atoms. The van der Waals surface area contributed by atoms with Crippen molar-refractivity contribution in [1.29, 1.82) is 0 Å². The Balaban J connectivity index is 2.47. The van der Waals surface area contributed by atoms with Gasteiger partial charge in [-0.15, -0.1) is 0 Å². The van der Waals surface area contributed by atoms with Crippen LogP contribution in [0.2, 0.25) is 0 Å². The Morgan fingerprint density at radius 3 is 2.69 bits per heavy atom. The van der Waals surface area contributed by atoms with Crippen molar-refractivity contribution < 1.29 is 14.3 Å². The summed E-state index contributed by atoms with van der Waals surface area (Å²) in [5.41, 5.74) is 5.18. The molecule has 1 rings (SSSR count). The molecule has 5 nitrogen and oxygen atoms in total. The van der Waals surface area contributed by atoms with E-state index in [0.29, 0.717) is 6.42 Å². The summed E-state index contributed by atoms with van der Waals surface area (Å²) in [6, 6.07) is -0.891. The first-order valence-corrected chi connectivity index (χ1v) is 5.57. The molecular formula is C11H20N2O3. The van der Waals surface area contributed by atoms with E-state index in [-0.39, 0.29) is 11.8 Å². The van der Waals surface area contributed by atoms with Gasteiger partial charge in [-0.25, -0.2) is 4.79 Å². The second-order valence-corrected chi connectivity index (χ2v) is 5.14. The van der Waals surface area contributed by atoms with E-state index in [4.69, 9.17) is 10.5 Å². The third kappa shape index (κ3) is 3.81. The number of Topliss-reactive ketones (excluding diaryl/α,β-unsaturated/α-hetero) is 1. The summed E-state index contributed by atoms with van der Waals surface area (Å²) in [6.45, 7) is 5.37. The summed E-state index contributed by atoms with van der Waals surface area (Å²) in [5, 5.41) is 2.65. The number of hydrogen-bond acceptors (Lipinski definition) is 4. The van der Waals surface area contributed by atoms with Crippen LogP contribution >= 0.6 is 0 Å². The highest BCUT2D eigenvalue weighted by atomic mass is 16.6. The number of ketones is 1. The van der Waals surface area contributed by atoms with Gasteiger partial charge in [0, 0.05) is 6.42 Å². The highest BCUT2D eigenvalue weighted by Gasteiger charge is 2.30. The van der Waals surface area contributed by atoms with E-state index in [9.17, 15) is 9.59 Å². The average Bonchev–Trinajstić information content (AvgIpc) is 2.09. The highest BCUT2D eigenvalue weighted by molar-refractivity contribution is 5.86. The van der Waals surface area contributed by atoms with Gasteiger partial charge in [-0.3, -0.25) is 4.79 Å². The van der Waals surface area contributed by atoms with Crippen molar-refractivity contribution in [3.63, 3.8) is 0 Å². The van der Waals surface area contributed by atoms with Gasteiger partial charge in [0.2, 0.25) is 0 Å². The number of nitrogens with two attached hydrogens (primary N) is 1. The van der Waals surface area contributed by atoms with Gasteiger partial charge in [-0.05, 0) is 33.6 Å². The molecule has 92 valence electrons.